The molecule has 0 amide bonds. The number of hydrogen-bond acceptors (Lipinski definition) is 7. The van der Waals surface area contributed by atoms with Crippen LogP contribution in [0.2, 0.25) is 0 Å². The molecule has 0 aliphatic heterocycles. The largest absolute Gasteiger partial charge is 0.481 e. The molecule has 302 valence electrons. The number of ether oxygens (including phenoxy) is 2. The molecule has 2 N–H and O–H groups in total. The smallest absolute Gasteiger partial charge is 0.310 e. The summed E-state index contributed by atoms with van der Waals surface area (Å²) in [5, 5.41) is 20.0. The predicted molar refractivity (Wildman–Crippen MR) is 202 cm³/mol. The number of aliphatic carboxylic acids is 2. The second-order valence-electron chi connectivity index (χ2n) is 18.5. The lowest BCUT2D eigenvalue weighted by atomic mass is 9.67. The fraction of sp³-hybridized carbons (Fsp3) is 0.932. The molecule has 6 atom stereocenters. The monoisotopic (exact) mass is 745 g/mol. The number of esters is 1. The van der Waals surface area contributed by atoms with Crippen LogP contribution < -0.4 is 0 Å². The summed E-state index contributed by atoms with van der Waals surface area (Å²) in [6.45, 7) is 1.95. The van der Waals surface area contributed by atoms with E-state index in [4.69, 9.17) is 19.2 Å². The molecular formula is C44H72O9. The number of carbonyl (C=O) groups excluding carboxylic acids is 1. The summed E-state index contributed by atoms with van der Waals surface area (Å²) in [7, 11) is 0. The maximum Gasteiger partial charge on any atom is 0.310 e. The van der Waals surface area contributed by atoms with Gasteiger partial charge in [0.05, 0.1) is 30.5 Å². The van der Waals surface area contributed by atoms with E-state index in [1.54, 1.807) is 0 Å². The summed E-state index contributed by atoms with van der Waals surface area (Å²) >= 11 is 0. The maximum absolute atomic E-state index is 13.2. The Kier molecular flexibility index (Phi) is 16.2. The summed E-state index contributed by atoms with van der Waals surface area (Å²) in [4.78, 5) is 49.1. The molecule has 0 aromatic carbocycles. The first-order chi connectivity index (χ1) is 25.8. The Morgan fingerprint density at radius 1 is 0.491 bits per heavy atom. The molecule has 6 saturated carbocycles. The molecule has 0 saturated heterocycles. The molecule has 0 bridgehead atoms. The number of carboxylic acid groups (broad SMARTS) is 2. The zero-order valence-electron chi connectivity index (χ0n) is 32.7. The lowest BCUT2D eigenvalue weighted by molar-refractivity contribution is -0.337. The lowest BCUT2D eigenvalue weighted by Gasteiger charge is -2.39. The highest BCUT2D eigenvalue weighted by Crippen LogP contribution is 2.45. The van der Waals surface area contributed by atoms with Crippen LogP contribution in [0, 0.1) is 59.2 Å². The molecule has 9 nitrogen and oxygen atoms in total. The molecule has 0 radical (unpaired) electrons. The molecule has 0 spiro atoms. The Bertz CT molecular complexity index is 1120. The Balaban J connectivity index is 0.781. The van der Waals surface area contributed by atoms with Gasteiger partial charge in [-0.1, -0.05) is 64.2 Å². The van der Waals surface area contributed by atoms with Gasteiger partial charge in [-0.15, -0.1) is 0 Å². The van der Waals surface area contributed by atoms with Gasteiger partial charge >= 0.3 is 17.9 Å². The minimum Gasteiger partial charge on any atom is -0.481 e. The average Bonchev–Trinajstić information content (AvgIpc) is 3.19. The van der Waals surface area contributed by atoms with Crippen molar-refractivity contribution >= 4 is 17.9 Å². The first-order valence-corrected chi connectivity index (χ1v) is 22.4. The van der Waals surface area contributed by atoms with E-state index < -0.39 is 23.8 Å². The van der Waals surface area contributed by atoms with Crippen molar-refractivity contribution in [3.63, 3.8) is 0 Å². The van der Waals surface area contributed by atoms with Crippen LogP contribution in [-0.4, -0.2) is 60.1 Å². The molecule has 0 aromatic heterocycles. The second kappa shape index (κ2) is 21.0. The van der Waals surface area contributed by atoms with Crippen molar-refractivity contribution in [1.82, 2.24) is 0 Å². The third-order valence-electron chi connectivity index (χ3n) is 15.2. The van der Waals surface area contributed by atoms with Crippen molar-refractivity contribution in [2.75, 3.05) is 19.8 Å². The standard InChI is InChI=1S/C44H72O9/c45-42(46)40-27-34(32-7-3-1-4-8-32)15-16-36(40)29-51-53-38-20-13-31(14-21-38)24-26-50-25-23-30-11-18-37(19-12-30)52-44(49)39-22-17-35(28-41(39)43(47)48)33-9-5-2-6-10-33/h30-41H,1-29H2,(H,45,46)(H,47,48). The Morgan fingerprint density at radius 3 is 1.55 bits per heavy atom. The highest BCUT2D eigenvalue weighted by atomic mass is 17.2. The van der Waals surface area contributed by atoms with Gasteiger partial charge in [0.1, 0.15) is 6.10 Å². The van der Waals surface area contributed by atoms with Gasteiger partial charge in [0.25, 0.3) is 0 Å². The SMILES string of the molecule is O=C(O)C1CC(C2CCCCC2)CCC1COOC1CCC(CCOCCC2CCC(OC(=O)C3CCC(C4CCCCC4)CC3C(=O)O)CC2)CC1. The van der Waals surface area contributed by atoms with E-state index in [-0.39, 0.29) is 30.0 Å². The lowest BCUT2D eigenvalue weighted by Crippen LogP contribution is -2.40. The molecule has 6 unspecified atom stereocenters. The van der Waals surface area contributed by atoms with E-state index in [2.05, 4.69) is 0 Å². The van der Waals surface area contributed by atoms with Crippen LogP contribution in [0.15, 0.2) is 0 Å². The molecule has 9 heteroatoms. The molecule has 0 heterocycles. The summed E-state index contributed by atoms with van der Waals surface area (Å²) in [6, 6.07) is 0. The van der Waals surface area contributed by atoms with E-state index in [1.165, 1.54) is 64.2 Å². The van der Waals surface area contributed by atoms with E-state index in [1.807, 2.05) is 0 Å². The molecule has 53 heavy (non-hydrogen) atoms. The molecule has 6 fully saturated rings. The van der Waals surface area contributed by atoms with Gasteiger partial charge in [-0.2, -0.15) is 0 Å². The molecule has 6 rings (SSSR count). The maximum atomic E-state index is 13.2. The van der Waals surface area contributed by atoms with Gasteiger partial charge in [-0.25, -0.2) is 9.78 Å². The molecular weight excluding hydrogens is 672 g/mol. The zero-order valence-corrected chi connectivity index (χ0v) is 32.7. The summed E-state index contributed by atoms with van der Waals surface area (Å²) < 4.78 is 12.1. The Morgan fingerprint density at radius 2 is 1.00 bits per heavy atom. The van der Waals surface area contributed by atoms with Gasteiger partial charge in [0, 0.05) is 13.2 Å². The van der Waals surface area contributed by atoms with Crippen LogP contribution >= 0.6 is 0 Å². The number of rotatable bonds is 16. The third-order valence-corrected chi connectivity index (χ3v) is 15.2. The van der Waals surface area contributed by atoms with Crippen LogP contribution in [0.3, 0.4) is 0 Å². The van der Waals surface area contributed by atoms with Crippen LogP contribution in [0.25, 0.3) is 0 Å². The topological polar surface area (TPSA) is 129 Å². The van der Waals surface area contributed by atoms with Crippen molar-refractivity contribution in [3.8, 4) is 0 Å². The quantitative estimate of drug-likeness (QED) is 0.0687. The predicted octanol–water partition coefficient (Wildman–Crippen LogP) is 9.79. The Labute approximate surface area is 319 Å². The minimum absolute atomic E-state index is 0.0483. The summed E-state index contributed by atoms with van der Waals surface area (Å²) in [5.41, 5.74) is 0. The number of hydrogen-bond donors (Lipinski definition) is 2. The highest BCUT2D eigenvalue weighted by Gasteiger charge is 2.43. The van der Waals surface area contributed by atoms with Crippen LogP contribution in [-0.2, 0) is 33.6 Å². The first-order valence-electron chi connectivity index (χ1n) is 22.4. The van der Waals surface area contributed by atoms with Gasteiger partial charge in [0.2, 0.25) is 0 Å². The second-order valence-corrected chi connectivity index (χ2v) is 18.5. The molecule has 6 aliphatic rings. The van der Waals surface area contributed by atoms with Crippen molar-refractivity contribution in [3.05, 3.63) is 0 Å². The fourth-order valence-electron chi connectivity index (χ4n) is 11.7. The average molecular weight is 745 g/mol. The highest BCUT2D eigenvalue weighted by molar-refractivity contribution is 5.81. The van der Waals surface area contributed by atoms with Crippen molar-refractivity contribution in [2.24, 2.45) is 59.2 Å². The Hall–Kier alpha value is -1.71. The zero-order chi connectivity index (χ0) is 37.0. The van der Waals surface area contributed by atoms with Crippen molar-refractivity contribution in [2.45, 2.75) is 179 Å². The molecule has 6 aliphatic carbocycles. The third kappa shape index (κ3) is 12.1. The number of carbonyl (C=O) groups is 3. The fourth-order valence-corrected chi connectivity index (χ4v) is 11.7. The van der Waals surface area contributed by atoms with E-state index in [0.29, 0.717) is 49.0 Å². The van der Waals surface area contributed by atoms with Gasteiger partial charge in [-0.3, -0.25) is 14.4 Å². The van der Waals surface area contributed by atoms with E-state index in [9.17, 15) is 24.6 Å². The van der Waals surface area contributed by atoms with Gasteiger partial charge in [-0.05, 0) is 144 Å². The minimum atomic E-state index is -0.826. The van der Waals surface area contributed by atoms with Gasteiger partial charge < -0.3 is 19.7 Å². The van der Waals surface area contributed by atoms with Crippen molar-refractivity contribution < 1.29 is 43.8 Å². The van der Waals surface area contributed by atoms with Gasteiger partial charge in [0.15, 0.2) is 0 Å². The van der Waals surface area contributed by atoms with E-state index >= 15 is 0 Å². The van der Waals surface area contributed by atoms with Crippen LogP contribution in [0.4, 0.5) is 0 Å². The first kappa shape index (κ1) is 40.9. The van der Waals surface area contributed by atoms with E-state index in [0.717, 1.165) is 109 Å². The van der Waals surface area contributed by atoms with Crippen molar-refractivity contribution in [1.29, 1.82) is 0 Å². The van der Waals surface area contributed by atoms with Crippen LogP contribution in [0.1, 0.15) is 167 Å². The number of carboxylic acids is 2. The summed E-state index contributed by atoms with van der Waals surface area (Å²) in [6.07, 6.45) is 28.0. The summed E-state index contributed by atoms with van der Waals surface area (Å²) in [5.74, 6) is 0.492. The molecule has 0 aromatic rings. The normalized spacial score (nSPS) is 36.5. The van der Waals surface area contributed by atoms with Crippen LogP contribution in [0.5, 0.6) is 0 Å².